The van der Waals surface area contributed by atoms with E-state index in [-0.39, 0.29) is 0 Å². The highest BCUT2D eigenvalue weighted by Gasteiger charge is 2.04. The Hall–Kier alpha value is -2.66. The van der Waals surface area contributed by atoms with Gasteiger partial charge in [-0.2, -0.15) is 0 Å². The van der Waals surface area contributed by atoms with E-state index in [9.17, 15) is 0 Å². The van der Waals surface area contributed by atoms with Gasteiger partial charge in [0, 0.05) is 31.4 Å². The standard InChI is InChI=1S/C19H20ClN5/c1-21-19(23-10-8-14-6-7-18(20)24-12-14)25-13-17-16-5-3-2-4-15(16)9-11-22-17/h2-7,9,11-12H,8,10,13H2,1H3,(H2,21,23,25). The molecule has 5 nitrogen and oxygen atoms in total. The van der Waals surface area contributed by atoms with Crippen LogP contribution in [-0.2, 0) is 13.0 Å². The number of nitrogens with zero attached hydrogens (tertiary/aromatic N) is 3. The van der Waals surface area contributed by atoms with Gasteiger partial charge in [-0.15, -0.1) is 0 Å². The third-order valence-corrected chi connectivity index (χ3v) is 4.12. The van der Waals surface area contributed by atoms with Gasteiger partial charge in [-0.3, -0.25) is 9.98 Å². The van der Waals surface area contributed by atoms with Gasteiger partial charge in [0.1, 0.15) is 5.15 Å². The van der Waals surface area contributed by atoms with E-state index in [2.05, 4.69) is 37.7 Å². The van der Waals surface area contributed by atoms with Crippen molar-refractivity contribution in [1.82, 2.24) is 20.6 Å². The van der Waals surface area contributed by atoms with Crippen molar-refractivity contribution in [3.05, 3.63) is 71.3 Å². The number of pyridine rings is 2. The summed E-state index contributed by atoms with van der Waals surface area (Å²) in [5.41, 5.74) is 2.13. The fourth-order valence-electron chi connectivity index (χ4n) is 2.59. The van der Waals surface area contributed by atoms with Gasteiger partial charge in [0.15, 0.2) is 5.96 Å². The Bertz CT molecular complexity index is 856. The molecule has 6 heteroatoms. The first-order valence-electron chi connectivity index (χ1n) is 8.14. The van der Waals surface area contributed by atoms with Crippen LogP contribution in [0.15, 0.2) is 59.9 Å². The summed E-state index contributed by atoms with van der Waals surface area (Å²) in [4.78, 5) is 12.8. The first-order valence-corrected chi connectivity index (χ1v) is 8.51. The smallest absolute Gasteiger partial charge is 0.191 e. The quantitative estimate of drug-likeness (QED) is 0.420. The maximum absolute atomic E-state index is 5.80. The Morgan fingerprint density at radius 3 is 2.76 bits per heavy atom. The molecule has 0 unspecified atom stereocenters. The first-order chi connectivity index (χ1) is 12.3. The molecule has 0 aliphatic rings. The van der Waals surface area contributed by atoms with E-state index in [1.54, 1.807) is 19.3 Å². The highest BCUT2D eigenvalue weighted by atomic mass is 35.5. The molecule has 2 N–H and O–H groups in total. The summed E-state index contributed by atoms with van der Waals surface area (Å²) < 4.78 is 0. The summed E-state index contributed by atoms with van der Waals surface area (Å²) in [6.07, 6.45) is 4.47. The second-order valence-electron chi connectivity index (χ2n) is 5.57. The van der Waals surface area contributed by atoms with E-state index < -0.39 is 0 Å². The van der Waals surface area contributed by atoms with Crippen LogP contribution in [0.25, 0.3) is 10.8 Å². The van der Waals surface area contributed by atoms with E-state index in [1.807, 2.05) is 30.5 Å². The molecular weight excluding hydrogens is 334 g/mol. The van der Waals surface area contributed by atoms with Gasteiger partial charge >= 0.3 is 0 Å². The molecule has 0 saturated carbocycles. The average molecular weight is 354 g/mol. The van der Waals surface area contributed by atoms with Crippen molar-refractivity contribution in [3.63, 3.8) is 0 Å². The summed E-state index contributed by atoms with van der Waals surface area (Å²) in [5, 5.41) is 9.47. The number of halogens is 1. The molecule has 3 rings (SSSR count). The number of aliphatic imine (C=N–C) groups is 1. The van der Waals surface area contributed by atoms with Gasteiger partial charge in [0.05, 0.1) is 12.2 Å². The summed E-state index contributed by atoms with van der Waals surface area (Å²) >= 11 is 5.80. The van der Waals surface area contributed by atoms with Gasteiger partial charge in [0.2, 0.25) is 0 Å². The van der Waals surface area contributed by atoms with Crippen molar-refractivity contribution in [2.45, 2.75) is 13.0 Å². The zero-order chi connectivity index (χ0) is 17.5. The zero-order valence-corrected chi connectivity index (χ0v) is 14.8. The Balaban J connectivity index is 1.54. The van der Waals surface area contributed by atoms with Crippen LogP contribution in [0.4, 0.5) is 0 Å². The monoisotopic (exact) mass is 353 g/mol. The van der Waals surface area contributed by atoms with Crippen LogP contribution in [0.3, 0.4) is 0 Å². The lowest BCUT2D eigenvalue weighted by molar-refractivity contribution is 0.785. The van der Waals surface area contributed by atoms with Gasteiger partial charge in [0.25, 0.3) is 0 Å². The van der Waals surface area contributed by atoms with Gasteiger partial charge in [-0.1, -0.05) is 41.9 Å². The van der Waals surface area contributed by atoms with Crippen LogP contribution in [0.5, 0.6) is 0 Å². The second-order valence-corrected chi connectivity index (χ2v) is 5.96. The minimum Gasteiger partial charge on any atom is -0.356 e. The largest absolute Gasteiger partial charge is 0.356 e. The molecule has 0 bridgehead atoms. The van der Waals surface area contributed by atoms with Gasteiger partial charge in [-0.25, -0.2) is 4.98 Å². The minimum absolute atomic E-state index is 0.511. The molecule has 2 heterocycles. The Morgan fingerprint density at radius 1 is 1.08 bits per heavy atom. The summed E-state index contributed by atoms with van der Waals surface area (Å²) in [7, 11) is 1.76. The molecule has 1 aromatic carbocycles. The number of hydrogen-bond acceptors (Lipinski definition) is 3. The number of nitrogens with one attached hydrogen (secondary N) is 2. The number of benzene rings is 1. The molecular formula is C19H20ClN5. The lowest BCUT2D eigenvalue weighted by Gasteiger charge is -2.12. The number of guanidine groups is 1. The second kappa shape index (κ2) is 8.44. The maximum Gasteiger partial charge on any atom is 0.191 e. The lowest BCUT2D eigenvalue weighted by atomic mass is 10.1. The van der Waals surface area contributed by atoms with Crippen LogP contribution in [-0.4, -0.2) is 29.5 Å². The van der Waals surface area contributed by atoms with E-state index in [1.165, 1.54) is 5.39 Å². The van der Waals surface area contributed by atoms with Crippen molar-refractivity contribution in [3.8, 4) is 0 Å². The molecule has 0 radical (unpaired) electrons. The molecule has 2 aromatic heterocycles. The van der Waals surface area contributed by atoms with Crippen LogP contribution < -0.4 is 10.6 Å². The lowest BCUT2D eigenvalue weighted by Crippen LogP contribution is -2.38. The average Bonchev–Trinajstić information content (AvgIpc) is 2.66. The van der Waals surface area contributed by atoms with Crippen molar-refractivity contribution < 1.29 is 0 Å². The Labute approximate surface area is 152 Å². The zero-order valence-electron chi connectivity index (χ0n) is 14.0. The number of rotatable bonds is 5. The molecule has 0 spiro atoms. The number of hydrogen-bond donors (Lipinski definition) is 2. The highest BCUT2D eigenvalue weighted by molar-refractivity contribution is 6.29. The van der Waals surface area contributed by atoms with E-state index in [0.717, 1.165) is 35.6 Å². The van der Waals surface area contributed by atoms with Crippen molar-refractivity contribution >= 4 is 28.3 Å². The van der Waals surface area contributed by atoms with E-state index >= 15 is 0 Å². The molecule has 0 atom stereocenters. The Morgan fingerprint density at radius 2 is 1.96 bits per heavy atom. The third-order valence-electron chi connectivity index (χ3n) is 3.90. The normalized spacial score (nSPS) is 11.5. The molecule has 0 aliphatic heterocycles. The van der Waals surface area contributed by atoms with E-state index in [4.69, 9.17) is 11.6 Å². The topological polar surface area (TPSA) is 62.2 Å². The maximum atomic E-state index is 5.80. The predicted octanol–water partition coefficient (Wildman–Crippen LogP) is 3.19. The van der Waals surface area contributed by atoms with E-state index in [0.29, 0.717) is 11.7 Å². The molecule has 0 amide bonds. The van der Waals surface area contributed by atoms with Crippen molar-refractivity contribution in [2.75, 3.05) is 13.6 Å². The molecule has 3 aromatic rings. The number of aromatic nitrogens is 2. The van der Waals surface area contributed by atoms with Crippen molar-refractivity contribution in [1.29, 1.82) is 0 Å². The van der Waals surface area contributed by atoms with Crippen LogP contribution in [0, 0.1) is 0 Å². The third kappa shape index (κ3) is 4.67. The fraction of sp³-hybridized carbons (Fsp3) is 0.211. The van der Waals surface area contributed by atoms with Gasteiger partial charge in [-0.05, 0) is 29.5 Å². The SMILES string of the molecule is CN=C(NCCc1ccc(Cl)nc1)NCc1nccc2ccccc12. The van der Waals surface area contributed by atoms with Crippen LogP contribution in [0.1, 0.15) is 11.3 Å². The molecule has 0 saturated heterocycles. The first kappa shape index (κ1) is 17.2. The van der Waals surface area contributed by atoms with Crippen LogP contribution >= 0.6 is 11.6 Å². The van der Waals surface area contributed by atoms with Crippen LogP contribution in [0.2, 0.25) is 5.15 Å². The molecule has 0 fully saturated rings. The minimum atomic E-state index is 0.511. The van der Waals surface area contributed by atoms with Crippen molar-refractivity contribution in [2.24, 2.45) is 4.99 Å². The summed E-state index contributed by atoms with van der Waals surface area (Å²) in [5.74, 6) is 0.747. The predicted molar refractivity (Wildman–Crippen MR) is 103 cm³/mol. The summed E-state index contributed by atoms with van der Waals surface area (Å²) in [6, 6.07) is 14.0. The molecule has 128 valence electrons. The molecule has 0 aliphatic carbocycles. The highest BCUT2D eigenvalue weighted by Crippen LogP contribution is 2.15. The van der Waals surface area contributed by atoms with Gasteiger partial charge < -0.3 is 10.6 Å². The summed E-state index contributed by atoms with van der Waals surface area (Å²) in [6.45, 7) is 1.37. The fourth-order valence-corrected chi connectivity index (χ4v) is 2.70. The molecule has 25 heavy (non-hydrogen) atoms. The number of fused-ring (bicyclic) bond motifs is 1. The Kier molecular flexibility index (Phi) is 5.80.